The number of carbonyl (C=O) groups is 2. The van der Waals surface area contributed by atoms with E-state index in [1.165, 1.54) is 0 Å². The van der Waals surface area contributed by atoms with Gasteiger partial charge in [-0.2, -0.15) is 0 Å². The first kappa shape index (κ1) is 14.2. The van der Waals surface area contributed by atoms with Crippen LogP contribution in [0.25, 0.3) is 0 Å². The molecular weight excluding hydrogens is 230 g/mol. The van der Waals surface area contributed by atoms with Gasteiger partial charge in [-0.3, -0.25) is 9.59 Å². The largest absolute Gasteiger partial charge is 0.481 e. The first-order chi connectivity index (χ1) is 8.63. The van der Waals surface area contributed by atoms with Crippen molar-refractivity contribution in [1.82, 2.24) is 5.32 Å². The van der Waals surface area contributed by atoms with E-state index < -0.39 is 11.9 Å². The molecule has 0 aromatic heterocycles. The SMILES string of the molecule is CCCC(CNC(=O)Cc1ccccc1)C(=O)O. The molecule has 2 N–H and O–H groups in total. The van der Waals surface area contributed by atoms with Crippen LogP contribution in [0.1, 0.15) is 25.3 Å². The van der Waals surface area contributed by atoms with Crippen molar-refractivity contribution >= 4 is 11.9 Å². The van der Waals surface area contributed by atoms with Crippen LogP contribution in [0.15, 0.2) is 30.3 Å². The predicted molar refractivity (Wildman–Crippen MR) is 69.2 cm³/mol. The molecule has 1 atom stereocenters. The van der Waals surface area contributed by atoms with E-state index in [0.717, 1.165) is 12.0 Å². The minimum absolute atomic E-state index is 0.136. The molecule has 0 aliphatic carbocycles. The summed E-state index contributed by atoms with van der Waals surface area (Å²) in [5.41, 5.74) is 0.928. The third-order valence-electron chi connectivity index (χ3n) is 2.74. The molecule has 18 heavy (non-hydrogen) atoms. The van der Waals surface area contributed by atoms with Crippen LogP contribution in [-0.4, -0.2) is 23.5 Å². The average molecular weight is 249 g/mol. The van der Waals surface area contributed by atoms with Gasteiger partial charge in [0.2, 0.25) is 5.91 Å². The van der Waals surface area contributed by atoms with Crippen molar-refractivity contribution < 1.29 is 14.7 Å². The predicted octanol–water partition coefficient (Wildman–Crippen LogP) is 1.85. The average Bonchev–Trinajstić information content (AvgIpc) is 2.35. The molecule has 4 nitrogen and oxygen atoms in total. The number of carboxylic acid groups (broad SMARTS) is 1. The van der Waals surface area contributed by atoms with Gasteiger partial charge in [0.1, 0.15) is 0 Å². The van der Waals surface area contributed by atoms with Crippen molar-refractivity contribution in [2.24, 2.45) is 5.92 Å². The summed E-state index contributed by atoms with van der Waals surface area (Å²) in [7, 11) is 0. The van der Waals surface area contributed by atoms with E-state index in [-0.39, 0.29) is 12.5 Å². The van der Waals surface area contributed by atoms with E-state index in [1.807, 2.05) is 37.3 Å². The minimum atomic E-state index is -0.850. The Morgan fingerprint density at radius 3 is 2.50 bits per heavy atom. The molecule has 4 heteroatoms. The molecule has 1 aromatic carbocycles. The van der Waals surface area contributed by atoms with E-state index in [0.29, 0.717) is 12.8 Å². The van der Waals surface area contributed by atoms with Gasteiger partial charge in [0, 0.05) is 6.54 Å². The van der Waals surface area contributed by atoms with Crippen molar-refractivity contribution in [2.75, 3.05) is 6.54 Å². The first-order valence-corrected chi connectivity index (χ1v) is 6.17. The zero-order chi connectivity index (χ0) is 13.4. The molecule has 0 heterocycles. The smallest absolute Gasteiger partial charge is 0.308 e. The number of hydrogen-bond acceptors (Lipinski definition) is 2. The van der Waals surface area contributed by atoms with Crippen LogP contribution in [0.2, 0.25) is 0 Å². The van der Waals surface area contributed by atoms with Crippen LogP contribution in [0.4, 0.5) is 0 Å². The lowest BCUT2D eigenvalue weighted by Crippen LogP contribution is -2.33. The summed E-state index contributed by atoms with van der Waals surface area (Å²) in [4.78, 5) is 22.5. The highest BCUT2D eigenvalue weighted by Gasteiger charge is 2.17. The summed E-state index contributed by atoms with van der Waals surface area (Å²) in [6.07, 6.45) is 1.67. The molecular formula is C14H19NO3. The van der Waals surface area contributed by atoms with Crippen molar-refractivity contribution in [2.45, 2.75) is 26.2 Å². The maximum atomic E-state index is 11.6. The summed E-state index contributed by atoms with van der Waals surface area (Å²) < 4.78 is 0. The third kappa shape index (κ3) is 4.99. The number of rotatable bonds is 7. The fraction of sp³-hybridized carbons (Fsp3) is 0.429. The quantitative estimate of drug-likeness (QED) is 0.775. The molecule has 0 bridgehead atoms. The summed E-state index contributed by atoms with van der Waals surface area (Å²) in [5.74, 6) is -1.48. The Labute approximate surface area is 107 Å². The highest BCUT2D eigenvalue weighted by atomic mass is 16.4. The van der Waals surface area contributed by atoms with Gasteiger partial charge in [0.05, 0.1) is 12.3 Å². The van der Waals surface area contributed by atoms with Crippen molar-refractivity contribution in [3.63, 3.8) is 0 Å². The minimum Gasteiger partial charge on any atom is -0.481 e. The molecule has 0 fully saturated rings. The van der Waals surface area contributed by atoms with Crippen LogP contribution in [0, 0.1) is 5.92 Å². The van der Waals surface area contributed by atoms with Gasteiger partial charge < -0.3 is 10.4 Å². The molecule has 1 amide bonds. The monoisotopic (exact) mass is 249 g/mol. The van der Waals surface area contributed by atoms with Gasteiger partial charge in [-0.15, -0.1) is 0 Å². The number of carbonyl (C=O) groups excluding carboxylic acids is 1. The Morgan fingerprint density at radius 2 is 1.94 bits per heavy atom. The van der Waals surface area contributed by atoms with Crippen LogP contribution in [0.5, 0.6) is 0 Å². The lowest BCUT2D eigenvalue weighted by Gasteiger charge is -2.12. The lowest BCUT2D eigenvalue weighted by atomic mass is 10.0. The Bertz CT molecular complexity index is 389. The summed E-state index contributed by atoms with van der Waals surface area (Å²) >= 11 is 0. The van der Waals surface area contributed by atoms with Crippen molar-refractivity contribution in [3.8, 4) is 0 Å². The Hall–Kier alpha value is -1.84. The van der Waals surface area contributed by atoms with Crippen molar-refractivity contribution in [1.29, 1.82) is 0 Å². The lowest BCUT2D eigenvalue weighted by molar-refractivity contribution is -0.141. The molecule has 98 valence electrons. The molecule has 0 spiro atoms. The standard InChI is InChI=1S/C14H19NO3/c1-2-6-12(14(17)18)10-15-13(16)9-11-7-4-3-5-8-11/h3-5,7-8,12H,2,6,9-10H2,1H3,(H,15,16)(H,17,18). The van der Waals surface area contributed by atoms with E-state index in [4.69, 9.17) is 5.11 Å². The van der Waals surface area contributed by atoms with Gasteiger partial charge in [-0.25, -0.2) is 0 Å². The Kier molecular flexibility index (Phi) is 5.91. The maximum Gasteiger partial charge on any atom is 0.308 e. The molecule has 1 unspecified atom stereocenters. The number of benzene rings is 1. The van der Waals surface area contributed by atoms with E-state index in [1.54, 1.807) is 0 Å². The zero-order valence-corrected chi connectivity index (χ0v) is 10.6. The number of amides is 1. The molecule has 1 aromatic rings. The van der Waals surface area contributed by atoms with Gasteiger partial charge in [-0.05, 0) is 12.0 Å². The fourth-order valence-electron chi connectivity index (χ4n) is 1.74. The van der Waals surface area contributed by atoms with Crippen molar-refractivity contribution in [3.05, 3.63) is 35.9 Å². The number of carboxylic acids is 1. The van der Waals surface area contributed by atoms with E-state index >= 15 is 0 Å². The fourth-order valence-corrected chi connectivity index (χ4v) is 1.74. The second-order valence-corrected chi connectivity index (χ2v) is 4.29. The van der Waals surface area contributed by atoms with Crippen LogP contribution in [0.3, 0.4) is 0 Å². The van der Waals surface area contributed by atoms with Crippen LogP contribution < -0.4 is 5.32 Å². The topological polar surface area (TPSA) is 66.4 Å². The molecule has 0 saturated carbocycles. The number of hydrogen-bond donors (Lipinski definition) is 2. The van der Waals surface area contributed by atoms with E-state index in [9.17, 15) is 9.59 Å². The second kappa shape index (κ2) is 7.48. The Balaban J connectivity index is 2.38. The molecule has 0 radical (unpaired) electrons. The van der Waals surface area contributed by atoms with Crippen LogP contribution in [-0.2, 0) is 16.0 Å². The summed E-state index contributed by atoms with van der Waals surface area (Å²) in [6, 6.07) is 9.39. The van der Waals surface area contributed by atoms with Gasteiger partial charge in [0.15, 0.2) is 0 Å². The molecule has 0 saturated heterocycles. The van der Waals surface area contributed by atoms with Crippen LogP contribution >= 0.6 is 0 Å². The third-order valence-corrected chi connectivity index (χ3v) is 2.74. The first-order valence-electron chi connectivity index (χ1n) is 6.17. The maximum absolute atomic E-state index is 11.6. The zero-order valence-electron chi connectivity index (χ0n) is 10.6. The second-order valence-electron chi connectivity index (χ2n) is 4.29. The highest BCUT2D eigenvalue weighted by Crippen LogP contribution is 2.05. The normalized spacial score (nSPS) is 11.8. The molecule has 0 aliphatic rings. The number of aliphatic carboxylic acids is 1. The van der Waals surface area contributed by atoms with Gasteiger partial charge >= 0.3 is 5.97 Å². The molecule has 0 aliphatic heterocycles. The Morgan fingerprint density at radius 1 is 1.28 bits per heavy atom. The van der Waals surface area contributed by atoms with E-state index in [2.05, 4.69) is 5.32 Å². The number of nitrogens with one attached hydrogen (secondary N) is 1. The molecule has 1 rings (SSSR count). The summed E-state index contributed by atoms with van der Waals surface area (Å²) in [5, 5.41) is 11.6. The summed E-state index contributed by atoms with van der Waals surface area (Å²) in [6.45, 7) is 2.14. The van der Waals surface area contributed by atoms with Gasteiger partial charge in [0.25, 0.3) is 0 Å². The highest BCUT2D eigenvalue weighted by molar-refractivity contribution is 5.79. The van der Waals surface area contributed by atoms with Gasteiger partial charge in [-0.1, -0.05) is 43.7 Å².